The molecule has 2 aromatic carbocycles. The van der Waals surface area contributed by atoms with Gasteiger partial charge in [-0.15, -0.1) is 0 Å². The van der Waals surface area contributed by atoms with Gasteiger partial charge in [-0.3, -0.25) is 19.5 Å². The summed E-state index contributed by atoms with van der Waals surface area (Å²) in [5.41, 5.74) is -2.92. The Labute approximate surface area is 214 Å². The van der Waals surface area contributed by atoms with Crippen molar-refractivity contribution in [2.24, 2.45) is 4.99 Å². The monoisotopic (exact) mass is 530 g/mol. The molecule has 0 aliphatic heterocycles. The molecule has 10 nitrogen and oxygen atoms in total. The summed E-state index contributed by atoms with van der Waals surface area (Å²) in [5.74, 6) is 0.383. The predicted molar refractivity (Wildman–Crippen MR) is 130 cm³/mol. The Kier molecular flexibility index (Phi) is 8.05. The Morgan fingerprint density at radius 2 is 1.87 bits per heavy atom. The SMILES string of the molecule is COc1ccc(CCn2c(O)c(C=Nc3ccc(C(F)(F)F)cc3[N+](=O)[O-])c(C)c(C#N)c2=O)cc1OC. The molecule has 198 valence electrons. The number of hydrogen-bond donors (Lipinski definition) is 1. The first-order valence-corrected chi connectivity index (χ1v) is 10.9. The van der Waals surface area contributed by atoms with E-state index in [9.17, 15) is 38.4 Å². The van der Waals surface area contributed by atoms with Crippen LogP contribution >= 0.6 is 0 Å². The minimum absolute atomic E-state index is 0.0516. The van der Waals surface area contributed by atoms with Gasteiger partial charge in [0.05, 0.1) is 30.3 Å². The maximum absolute atomic E-state index is 13.0. The molecule has 0 aliphatic carbocycles. The van der Waals surface area contributed by atoms with Gasteiger partial charge in [0.25, 0.3) is 11.2 Å². The van der Waals surface area contributed by atoms with E-state index >= 15 is 0 Å². The second kappa shape index (κ2) is 11.0. The lowest BCUT2D eigenvalue weighted by atomic mass is 10.1. The first-order valence-electron chi connectivity index (χ1n) is 10.9. The highest BCUT2D eigenvalue weighted by molar-refractivity contribution is 5.88. The maximum Gasteiger partial charge on any atom is 0.416 e. The van der Waals surface area contributed by atoms with Gasteiger partial charge in [-0.25, -0.2) is 4.99 Å². The van der Waals surface area contributed by atoms with Crippen LogP contribution in [0.15, 0.2) is 46.2 Å². The summed E-state index contributed by atoms with van der Waals surface area (Å²) < 4.78 is 50.4. The number of benzene rings is 2. The van der Waals surface area contributed by atoms with Crippen LogP contribution < -0.4 is 15.0 Å². The topological polar surface area (TPSA) is 140 Å². The van der Waals surface area contributed by atoms with Crippen LogP contribution in [0, 0.1) is 28.4 Å². The molecule has 0 saturated carbocycles. The molecule has 3 aromatic rings. The largest absolute Gasteiger partial charge is 0.494 e. The van der Waals surface area contributed by atoms with Gasteiger partial charge in [0.1, 0.15) is 17.3 Å². The Bertz CT molecular complexity index is 1520. The lowest BCUT2D eigenvalue weighted by Crippen LogP contribution is -2.26. The van der Waals surface area contributed by atoms with E-state index in [1.807, 2.05) is 0 Å². The molecular weight excluding hydrogens is 509 g/mol. The van der Waals surface area contributed by atoms with E-state index in [2.05, 4.69) is 4.99 Å². The van der Waals surface area contributed by atoms with E-state index in [-0.39, 0.29) is 29.7 Å². The lowest BCUT2D eigenvalue weighted by molar-refractivity contribution is -0.384. The number of rotatable bonds is 8. The number of alkyl halides is 3. The summed E-state index contributed by atoms with van der Waals surface area (Å²) in [4.78, 5) is 27.1. The number of methoxy groups -OCH3 is 2. The summed E-state index contributed by atoms with van der Waals surface area (Å²) in [6.07, 6.45) is -3.59. The Morgan fingerprint density at radius 3 is 2.45 bits per heavy atom. The summed E-state index contributed by atoms with van der Waals surface area (Å²) in [5, 5.41) is 31.8. The Morgan fingerprint density at radius 1 is 1.18 bits per heavy atom. The number of pyridine rings is 1. The number of nitro benzene ring substituents is 1. The zero-order chi connectivity index (χ0) is 28.2. The van der Waals surface area contributed by atoms with Crippen molar-refractivity contribution in [3.05, 3.63) is 84.7 Å². The van der Waals surface area contributed by atoms with Crippen LogP contribution in [-0.2, 0) is 19.1 Å². The molecule has 0 fully saturated rings. The zero-order valence-corrected chi connectivity index (χ0v) is 20.4. The van der Waals surface area contributed by atoms with Crippen LogP contribution in [0.4, 0.5) is 24.5 Å². The summed E-state index contributed by atoms with van der Waals surface area (Å²) >= 11 is 0. The fourth-order valence-corrected chi connectivity index (χ4v) is 3.70. The third-order valence-corrected chi connectivity index (χ3v) is 5.75. The summed E-state index contributed by atoms with van der Waals surface area (Å²) in [6.45, 7) is 1.32. The molecule has 1 N–H and O–H groups in total. The van der Waals surface area contributed by atoms with Gasteiger partial charge in [0.15, 0.2) is 11.5 Å². The average molecular weight is 530 g/mol. The fourth-order valence-electron chi connectivity index (χ4n) is 3.70. The van der Waals surface area contributed by atoms with Crippen LogP contribution in [-0.4, -0.2) is 35.0 Å². The second-order valence-electron chi connectivity index (χ2n) is 7.96. The minimum Gasteiger partial charge on any atom is -0.494 e. The molecule has 0 bridgehead atoms. The number of hydrogen-bond acceptors (Lipinski definition) is 8. The number of nitro groups is 1. The summed E-state index contributed by atoms with van der Waals surface area (Å²) in [6, 6.07) is 8.67. The molecule has 0 spiro atoms. The molecule has 0 radical (unpaired) electrons. The highest BCUT2D eigenvalue weighted by atomic mass is 19.4. The first kappa shape index (κ1) is 27.7. The van der Waals surface area contributed by atoms with Gasteiger partial charge in [-0.05, 0) is 48.7 Å². The van der Waals surface area contributed by atoms with E-state index in [0.717, 1.165) is 22.4 Å². The van der Waals surface area contributed by atoms with Crippen molar-refractivity contribution in [2.45, 2.75) is 26.1 Å². The van der Waals surface area contributed by atoms with Gasteiger partial charge in [-0.2, -0.15) is 18.4 Å². The Balaban J connectivity index is 2.04. The van der Waals surface area contributed by atoms with Crippen molar-refractivity contribution >= 4 is 17.6 Å². The number of aryl methyl sites for hydroxylation is 1. The molecule has 1 aromatic heterocycles. The zero-order valence-electron chi connectivity index (χ0n) is 20.4. The van der Waals surface area contributed by atoms with Crippen molar-refractivity contribution in [3.63, 3.8) is 0 Å². The molecule has 13 heteroatoms. The highest BCUT2D eigenvalue weighted by Gasteiger charge is 2.33. The lowest BCUT2D eigenvalue weighted by Gasteiger charge is -2.15. The first-order chi connectivity index (χ1) is 17.9. The smallest absolute Gasteiger partial charge is 0.416 e. The normalized spacial score (nSPS) is 11.4. The number of nitrogens with zero attached hydrogens (tertiary/aromatic N) is 4. The molecule has 3 rings (SSSR count). The van der Waals surface area contributed by atoms with E-state index in [0.29, 0.717) is 23.6 Å². The third-order valence-electron chi connectivity index (χ3n) is 5.75. The average Bonchev–Trinajstić information content (AvgIpc) is 2.87. The van der Waals surface area contributed by atoms with Crippen LogP contribution in [0.5, 0.6) is 17.4 Å². The number of nitriles is 1. The van der Waals surface area contributed by atoms with E-state index in [4.69, 9.17) is 9.47 Å². The van der Waals surface area contributed by atoms with Crippen LogP contribution in [0.3, 0.4) is 0 Å². The number of aromatic nitrogens is 1. The van der Waals surface area contributed by atoms with Gasteiger partial charge in [0.2, 0.25) is 5.88 Å². The number of ether oxygens (including phenoxy) is 2. The molecule has 0 saturated heterocycles. The number of halogens is 3. The van der Waals surface area contributed by atoms with E-state index in [1.165, 1.54) is 21.1 Å². The number of aliphatic imine (C=N–C) groups is 1. The molecule has 0 aliphatic rings. The van der Waals surface area contributed by atoms with Gasteiger partial charge < -0.3 is 14.6 Å². The fraction of sp³-hybridized carbons (Fsp3) is 0.240. The standard InChI is InChI=1S/C25H21F3N4O6/c1-14-17(12-29)23(33)31(9-8-15-4-7-21(37-2)22(10-15)38-3)24(34)18(14)13-30-19-6-5-16(25(26,27)28)11-20(19)32(35)36/h4-7,10-11,13,34H,8-9H2,1-3H3. The van der Waals surface area contributed by atoms with E-state index < -0.39 is 39.5 Å². The highest BCUT2D eigenvalue weighted by Crippen LogP contribution is 2.36. The number of aromatic hydroxyl groups is 1. The molecule has 1 heterocycles. The van der Waals surface area contributed by atoms with Gasteiger partial charge >= 0.3 is 6.18 Å². The van der Waals surface area contributed by atoms with Crippen molar-refractivity contribution in [3.8, 4) is 23.4 Å². The van der Waals surface area contributed by atoms with Gasteiger partial charge in [-0.1, -0.05) is 6.07 Å². The molecule has 38 heavy (non-hydrogen) atoms. The van der Waals surface area contributed by atoms with Crippen molar-refractivity contribution in [2.75, 3.05) is 14.2 Å². The Hall–Kier alpha value is -4.86. The minimum atomic E-state index is -4.80. The summed E-state index contributed by atoms with van der Waals surface area (Å²) in [7, 11) is 2.94. The second-order valence-corrected chi connectivity index (χ2v) is 7.96. The third kappa shape index (κ3) is 5.59. The molecule has 0 amide bonds. The predicted octanol–water partition coefficient (Wildman–Crippen LogP) is 4.67. The molecule has 0 atom stereocenters. The van der Waals surface area contributed by atoms with Crippen LogP contribution in [0.2, 0.25) is 0 Å². The van der Waals surface area contributed by atoms with Gasteiger partial charge in [0, 0.05) is 18.8 Å². The quantitative estimate of drug-likeness (QED) is 0.254. The molecular formula is C25H21F3N4O6. The van der Waals surface area contributed by atoms with Crippen molar-refractivity contribution in [1.29, 1.82) is 5.26 Å². The maximum atomic E-state index is 13.0. The van der Waals surface area contributed by atoms with Crippen LogP contribution in [0.1, 0.15) is 27.8 Å². The molecule has 0 unspecified atom stereocenters. The van der Waals surface area contributed by atoms with Crippen LogP contribution in [0.25, 0.3) is 0 Å². The van der Waals surface area contributed by atoms with Crippen molar-refractivity contribution < 1.29 is 32.7 Å². The van der Waals surface area contributed by atoms with E-state index in [1.54, 1.807) is 24.3 Å². The van der Waals surface area contributed by atoms with Crippen molar-refractivity contribution in [1.82, 2.24) is 4.57 Å².